The van der Waals surface area contributed by atoms with Crippen molar-refractivity contribution >= 4 is 5.91 Å². The maximum absolute atomic E-state index is 12.8. The third kappa shape index (κ3) is 3.25. The van der Waals surface area contributed by atoms with Crippen LogP contribution in [0.5, 0.6) is 0 Å². The zero-order valence-electron chi connectivity index (χ0n) is 13.2. The van der Waals surface area contributed by atoms with Gasteiger partial charge in [0.2, 0.25) is 5.91 Å². The van der Waals surface area contributed by atoms with Crippen molar-refractivity contribution in [1.29, 1.82) is 0 Å². The number of hydrogen-bond acceptors (Lipinski definition) is 4. The lowest BCUT2D eigenvalue weighted by atomic mass is 10.0. The van der Waals surface area contributed by atoms with Crippen molar-refractivity contribution in [3.63, 3.8) is 0 Å². The van der Waals surface area contributed by atoms with Gasteiger partial charge in [-0.3, -0.25) is 10.1 Å². The van der Waals surface area contributed by atoms with E-state index in [0.29, 0.717) is 38.2 Å². The fourth-order valence-corrected chi connectivity index (χ4v) is 3.87. The molecule has 1 N–H and O–H groups in total. The van der Waals surface area contributed by atoms with Crippen LogP contribution in [0.15, 0.2) is 0 Å². The molecule has 0 bridgehead atoms. The predicted octanol–water partition coefficient (Wildman–Crippen LogP) is 1.37. The molecule has 1 saturated carbocycles. The quantitative estimate of drug-likeness (QED) is 0.851. The van der Waals surface area contributed by atoms with E-state index in [-0.39, 0.29) is 24.2 Å². The van der Waals surface area contributed by atoms with Crippen LogP contribution in [0.2, 0.25) is 0 Å². The minimum absolute atomic E-state index is 0.0271. The molecule has 3 fully saturated rings. The summed E-state index contributed by atoms with van der Waals surface area (Å²) < 4.78 is 11.2. The second-order valence-electron chi connectivity index (χ2n) is 6.94. The summed E-state index contributed by atoms with van der Waals surface area (Å²) in [6.45, 7) is 6.81. The number of nitrogens with zero attached hydrogens (tertiary/aromatic N) is 1. The van der Waals surface area contributed by atoms with Gasteiger partial charge >= 0.3 is 0 Å². The average Bonchev–Trinajstić information content (AvgIpc) is 3.09. The van der Waals surface area contributed by atoms with E-state index in [2.05, 4.69) is 19.2 Å². The zero-order valence-corrected chi connectivity index (χ0v) is 13.2. The summed E-state index contributed by atoms with van der Waals surface area (Å²) in [5, 5.41) is 3.60. The molecule has 1 amide bonds. The van der Waals surface area contributed by atoms with E-state index >= 15 is 0 Å². The fourth-order valence-electron chi connectivity index (χ4n) is 3.87. The Morgan fingerprint density at radius 1 is 1.29 bits per heavy atom. The minimum Gasteiger partial charge on any atom is -0.376 e. The molecule has 3 rings (SSSR count). The maximum Gasteiger partial charge on any atom is 0.241 e. The van der Waals surface area contributed by atoms with Crippen molar-refractivity contribution in [3.05, 3.63) is 0 Å². The van der Waals surface area contributed by atoms with Gasteiger partial charge in [0.25, 0.3) is 0 Å². The van der Waals surface area contributed by atoms with Crippen LogP contribution in [0.3, 0.4) is 0 Å². The molecular formula is C16H28N2O3. The molecular weight excluding hydrogens is 268 g/mol. The fraction of sp³-hybridized carbons (Fsp3) is 0.938. The van der Waals surface area contributed by atoms with Crippen molar-refractivity contribution < 1.29 is 14.3 Å². The highest BCUT2D eigenvalue weighted by atomic mass is 16.6. The van der Waals surface area contributed by atoms with E-state index in [0.717, 1.165) is 0 Å². The first kappa shape index (κ1) is 15.3. The summed E-state index contributed by atoms with van der Waals surface area (Å²) in [7, 11) is 0. The van der Waals surface area contributed by atoms with E-state index in [1.807, 2.05) is 4.90 Å². The van der Waals surface area contributed by atoms with Crippen LogP contribution in [0.25, 0.3) is 0 Å². The Morgan fingerprint density at radius 3 is 2.67 bits per heavy atom. The highest BCUT2D eigenvalue weighted by molar-refractivity contribution is 5.84. The highest BCUT2D eigenvalue weighted by Gasteiger charge is 2.45. The minimum atomic E-state index is -0.0416. The molecule has 3 atom stereocenters. The van der Waals surface area contributed by atoms with Crippen LogP contribution in [0.1, 0.15) is 39.5 Å². The first-order valence-corrected chi connectivity index (χ1v) is 8.42. The van der Waals surface area contributed by atoms with Crippen LogP contribution in [-0.4, -0.2) is 55.5 Å². The van der Waals surface area contributed by atoms with Crippen molar-refractivity contribution in [1.82, 2.24) is 10.2 Å². The maximum atomic E-state index is 12.8. The second kappa shape index (κ2) is 6.63. The smallest absolute Gasteiger partial charge is 0.241 e. The molecule has 3 aliphatic rings. The number of carbonyl (C=O) groups excluding carboxylic acids is 1. The van der Waals surface area contributed by atoms with E-state index in [1.165, 1.54) is 25.7 Å². The molecule has 0 radical (unpaired) electrons. The van der Waals surface area contributed by atoms with Crippen molar-refractivity contribution in [2.24, 2.45) is 11.8 Å². The standard InChI is InChI=1S/C16H28N2O3/c1-11(2)14-16(19)18(9-13-10-20-7-8-21-13)15(17-14)12-5-3-4-6-12/h11-15,17H,3-10H2,1-2H3. The highest BCUT2D eigenvalue weighted by Crippen LogP contribution is 2.33. The van der Waals surface area contributed by atoms with Crippen molar-refractivity contribution in [2.45, 2.75) is 57.8 Å². The number of ether oxygens (including phenoxy) is 2. The molecule has 120 valence electrons. The van der Waals surface area contributed by atoms with Crippen molar-refractivity contribution in [2.75, 3.05) is 26.4 Å². The second-order valence-corrected chi connectivity index (χ2v) is 6.94. The summed E-state index contributed by atoms with van der Waals surface area (Å²) in [6, 6.07) is -0.0416. The largest absolute Gasteiger partial charge is 0.376 e. The Balaban J connectivity index is 1.70. The van der Waals surface area contributed by atoms with Crippen LogP contribution in [0, 0.1) is 11.8 Å². The van der Waals surface area contributed by atoms with Gasteiger partial charge in [0.1, 0.15) is 0 Å². The van der Waals surface area contributed by atoms with Crippen molar-refractivity contribution in [3.8, 4) is 0 Å². The molecule has 1 aliphatic carbocycles. The van der Waals surface area contributed by atoms with E-state index in [1.54, 1.807) is 0 Å². The molecule has 0 aromatic carbocycles. The van der Waals surface area contributed by atoms with Gasteiger partial charge in [0.15, 0.2) is 0 Å². The third-order valence-electron chi connectivity index (χ3n) is 5.03. The normalized spacial score (nSPS) is 35.1. The first-order valence-electron chi connectivity index (χ1n) is 8.42. The van der Waals surface area contributed by atoms with Gasteiger partial charge in [-0.1, -0.05) is 26.7 Å². The van der Waals surface area contributed by atoms with E-state index < -0.39 is 0 Å². The molecule has 21 heavy (non-hydrogen) atoms. The molecule has 0 aromatic heterocycles. The SMILES string of the molecule is CC(C)C1NC(C2CCCC2)N(CC2COCCO2)C1=O. The monoisotopic (exact) mass is 296 g/mol. The summed E-state index contributed by atoms with van der Waals surface area (Å²) in [4.78, 5) is 14.8. The zero-order chi connectivity index (χ0) is 14.8. The van der Waals surface area contributed by atoms with Gasteiger partial charge in [0, 0.05) is 0 Å². The number of carbonyl (C=O) groups is 1. The third-order valence-corrected chi connectivity index (χ3v) is 5.03. The Labute approximate surface area is 127 Å². The van der Waals surface area contributed by atoms with Gasteiger partial charge in [-0.05, 0) is 24.7 Å². The first-order chi connectivity index (χ1) is 10.2. The lowest BCUT2D eigenvalue weighted by Crippen LogP contribution is -2.48. The Morgan fingerprint density at radius 2 is 2.05 bits per heavy atom. The molecule has 3 unspecified atom stereocenters. The molecule has 2 heterocycles. The molecule has 2 aliphatic heterocycles. The lowest BCUT2D eigenvalue weighted by Gasteiger charge is -2.33. The Bertz CT molecular complexity index is 363. The predicted molar refractivity (Wildman–Crippen MR) is 79.8 cm³/mol. The Kier molecular flexibility index (Phi) is 4.82. The van der Waals surface area contributed by atoms with Gasteiger partial charge in [-0.15, -0.1) is 0 Å². The number of rotatable bonds is 4. The number of amides is 1. The van der Waals surface area contributed by atoms with Crippen LogP contribution < -0.4 is 5.32 Å². The lowest BCUT2D eigenvalue weighted by molar-refractivity contribution is -0.138. The van der Waals surface area contributed by atoms with Gasteiger partial charge in [0.05, 0.1) is 44.7 Å². The van der Waals surface area contributed by atoms with E-state index in [4.69, 9.17) is 9.47 Å². The molecule has 0 spiro atoms. The molecule has 2 saturated heterocycles. The van der Waals surface area contributed by atoms with Crippen LogP contribution in [0.4, 0.5) is 0 Å². The summed E-state index contributed by atoms with van der Waals surface area (Å²) in [5.41, 5.74) is 0. The summed E-state index contributed by atoms with van der Waals surface area (Å²) in [5.74, 6) is 1.17. The van der Waals surface area contributed by atoms with E-state index in [9.17, 15) is 4.79 Å². The Hall–Kier alpha value is -0.650. The molecule has 5 nitrogen and oxygen atoms in total. The van der Waals surface area contributed by atoms with Crippen LogP contribution >= 0.6 is 0 Å². The molecule has 0 aromatic rings. The van der Waals surface area contributed by atoms with Gasteiger partial charge in [-0.25, -0.2) is 0 Å². The van der Waals surface area contributed by atoms with Gasteiger partial charge in [-0.2, -0.15) is 0 Å². The number of hydrogen-bond donors (Lipinski definition) is 1. The average molecular weight is 296 g/mol. The van der Waals surface area contributed by atoms with Crippen LogP contribution in [-0.2, 0) is 14.3 Å². The summed E-state index contributed by atoms with van der Waals surface area (Å²) in [6.07, 6.45) is 5.26. The topological polar surface area (TPSA) is 50.8 Å². The molecule has 5 heteroatoms. The van der Waals surface area contributed by atoms with Gasteiger partial charge < -0.3 is 14.4 Å². The number of nitrogens with one attached hydrogen (secondary N) is 1. The summed E-state index contributed by atoms with van der Waals surface area (Å²) >= 11 is 0.